The van der Waals surface area contributed by atoms with Crippen molar-refractivity contribution in [1.82, 2.24) is 10.3 Å². The van der Waals surface area contributed by atoms with Crippen LogP contribution in [-0.4, -0.2) is 22.1 Å². The smallest absolute Gasteiger partial charge is 0.293 e. The van der Waals surface area contributed by atoms with Crippen LogP contribution in [0, 0.1) is 16.0 Å². The lowest BCUT2D eigenvalue weighted by molar-refractivity contribution is -0.386. The molecule has 1 aromatic carbocycles. The Bertz CT molecular complexity index is 738. The minimum atomic E-state index is -0.378. The Labute approximate surface area is 153 Å². The van der Waals surface area contributed by atoms with Gasteiger partial charge < -0.3 is 10.1 Å². The summed E-state index contributed by atoms with van der Waals surface area (Å²) < 4.78 is 6.23. The third-order valence-corrected chi connectivity index (χ3v) is 5.22. The molecule has 1 aliphatic rings. The molecule has 1 aliphatic heterocycles. The molecule has 3 rings (SSSR count). The van der Waals surface area contributed by atoms with Gasteiger partial charge in [0.1, 0.15) is 6.20 Å². The number of hydrogen-bond acceptors (Lipinski definition) is 5. The lowest BCUT2D eigenvalue weighted by Gasteiger charge is -2.41. The van der Waals surface area contributed by atoms with Crippen LogP contribution in [0.5, 0.6) is 0 Å². The molecule has 6 heteroatoms. The van der Waals surface area contributed by atoms with Gasteiger partial charge in [-0.2, -0.15) is 0 Å². The van der Waals surface area contributed by atoms with E-state index in [1.54, 1.807) is 12.3 Å². The topological polar surface area (TPSA) is 77.3 Å². The van der Waals surface area contributed by atoms with E-state index in [-0.39, 0.29) is 28.9 Å². The predicted molar refractivity (Wildman–Crippen MR) is 99.6 cm³/mol. The number of benzene rings is 1. The molecule has 2 aromatic rings. The molecular formula is C20H25N3O3. The molecule has 2 heterocycles. The summed E-state index contributed by atoms with van der Waals surface area (Å²) in [6.07, 6.45) is 4.25. The van der Waals surface area contributed by atoms with Crippen LogP contribution in [0.2, 0.25) is 0 Å². The number of rotatable bonds is 6. The van der Waals surface area contributed by atoms with E-state index in [0.29, 0.717) is 17.9 Å². The van der Waals surface area contributed by atoms with Crippen LogP contribution in [0.25, 0.3) is 0 Å². The molecule has 0 bridgehead atoms. The molecule has 0 spiro atoms. The van der Waals surface area contributed by atoms with E-state index in [1.807, 2.05) is 18.2 Å². The van der Waals surface area contributed by atoms with E-state index in [2.05, 4.69) is 36.3 Å². The zero-order valence-electron chi connectivity index (χ0n) is 15.2. The van der Waals surface area contributed by atoms with Gasteiger partial charge in [0.05, 0.1) is 22.7 Å². The molecule has 0 amide bonds. The quantitative estimate of drug-likeness (QED) is 0.625. The second-order valence-electron chi connectivity index (χ2n) is 6.83. The average Bonchev–Trinajstić information content (AvgIpc) is 2.68. The van der Waals surface area contributed by atoms with Crippen molar-refractivity contribution in [3.05, 3.63) is 70.0 Å². The van der Waals surface area contributed by atoms with Gasteiger partial charge in [-0.15, -0.1) is 0 Å². The van der Waals surface area contributed by atoms with Gasteiger partial charge in [0, 0.05) is 18.8 Å². The molecule has 0 aliphatic carbocycles. The summed E-state index contributed by atoms with van der Waals surface area (Å²) in [6, 6.07) is 12.2. The van der Waals surface area contributed by atoms with Gasteiger partial charge in [-0.05, 0) is 30.4 Å². The molecule has 6 nitrogen and oxygen atoms in total. The summed E-state index contributed by atoms with van der Waals surface area (Å²) in [7, 11) is 0. The summed E-state index contributed by atoms with van der Waals surface area (Å²) in [5.41, 5.74) is 1.87. The highest BCUT2D eigenvalue weighted by atomic mass is 16.6. The normalized spacial score (nSPS) is 25.8. The summed E-state index contributed by atoms with van der Waals surface area (Å²) in [5.74, 6) is 0.334. The Kier molecular flexibility index (Phi) is 5.96. The van der Waals surface area contributed by atoms with Crippen molar-refractivity contribution in [2.45, 2.75) is 51.5 Å². The Hall–Kier alpha value is -2.31. The molecule has 138 valence electrons. The average molecular weight is 355 g/mol. The van der Waals surface area contributed by atoms with E-state index in [0.717, 1.165) is 13.0 Å². The first-order chi connectivity index (χ1) is 12.6. The lowest BCUT2D eigenvalue weighted by atomic mass is 9.84. The van der Waals surface area contributed by atoms with Crippen LogP contribution in [0.4, 0.5) is 5.69 Å². The van der Waals surface area contributed by atoms with Crippen molar-refractivity contribution in [3.8, 4) is 0 Å². The van der Waals surface area contributed by atoms with Crippen LogP contribution in [0.15, 0.2) is 48.8 Å². The molecule has 1 aromatic heterocycles. The first-order valence-corrected chi connectivity index (χ1v) is 9.11. The van der Waals surface area contributed by atoms with Crippen molar-refractivity contribution in [2.75, 3.05) is 0 Å². The van der Waals surface area contributed by atoms with E-state index >= 15 is 0 Å². The van der Waals surface area contributed by atoms with Crippen molar-refractivity contribution in [3.63, 3.8) is 0 Å². The van der Waals surface area contributed by atoms with Crippen molar-refractivity contribution < 1.29 is 9.66 Å². The minimum absolute atomic E-state index is 0.0312. The second-order valence-corrected chi connectivity index (χ2v) is 6.83. The van der Waals surface area contributed by atoms with Gasteiger partial charge in [-0.3, -0.25) is 15.1 Å². The molecule has 0 saturated carbocycles. The van der Waals surface area contributed by atoms with Gasteiger partial charge in [0.2, 0.25) is 0 Å². The maximum absolute atomic E-state index is 11.4. The fourth-order valence-corrected chi connectivity index (χ4v) is 3.70. The number of pyridine rings is 1. The summed E-state index contributed by atoms with van der Waals surface area (Å²) in [5, 5.41) is 15.0. The Morgan fingerprint density at radius 1 is 1.31 bits per heavy atom. The maximum Gasteiger partial charge on any atom is 0.293 e. The number of nitrogens with one attached hydrogen (secondary N) is 1. The highest BCUT2D eigenvalue weighted by Crippen LogP contribution is 2.38. The molecule has 1 fully saturated rings. The van der Waals surface area contributed by atoms with Gasteiger partial charge in [0.15, 0.2) is 0 Å². The zero-order valence-corrected chi connectivity index (χ0v) is 15.2. The molecule has 1 N–H and O–H groups in total. The molecular weight excluding hydrogens is 330 g/mol. The van der Waals surface area contributed by atoms with Crippen LogP contribution in [0.1, 0.15) is 43.9 Å². The van der Waals surface area contributed by atoms with Crippen LogP contribution >= 0.6 is 0 Å². The van der Waals surface area contributed by atoms with Crippen LogP contribution < -0.4 is 5.32 Å². The fraction of sp³-hybridized carbons (Fsp3) is 0.450. The maximum atomic E-state index is 11.4. The Morgan fingerprint density at radius 3 is 2.77 bits per heavy atom. The summed E-state index contributed by atoms with van der Waals surface area (Å²) >= 11 is 0. The first kappa shape index (κ1) is 18.5. The summed E-state index contributed by atoms with van der Waals surface area (Å²) in [6.45, 7) is 5.06. The number of aromatic nitrogens is 1. The molecule has 26 heavy (non-hydrogen) atoms. The summed E-state index contributed by atoms with van der Waals surface area (Å²) in [4.78, 5) is 14.9. The lowest BCUT2D eigenvalue weighted by Crippen LogP contribution is -2.46. The molecule has 4 unspecified atom stereocenters. The van der Waals surface area contributed by atoms with E-state index in [1.165, 1.54) is 11.8 Å². The second kappa shape index (κ2) is 8.38. The number of nitrogens with zero attached hydrogens (tertiary/aromatic N) is 2. The van der Waals surface area contributed by atoms with Crippen molar-refractivity contribution >= 4 is 5.69 Å². The third kappa shape index (κ3) is 4.08. The SMILES string of the molecule is CCC1OC(c2ccncc2[N+](=O)[O-])CC(NCc2ccccc2)C1C. The highest BCUT2D eigenvalue weighted by molar-refractivity contribution is 5.39. The minimum Gasteiger partial charge on any atom is -0.370 e. The van der Waals surface area contributed by atoms with E-state index in [9.17, 15) is 10.1 Å². The van der Waals surface area contributed by atoms with Gasteiger partial charge in [0.25, 0.3) is 5.69 Å². The van der Waals surface area contributed by atoms with E-state index < -0.39 is 0 Å². The molecule has 4 atom stereocenters. The molecule has 1 saturated heterocycles. The first-order valence-electron chi connectivity index (χ1n) is 9.11. The monoisotopic (exact) mass is 355 g/mol. The van der Waals surface area contributed by atoms with Gasteiger partial charge in [-0.25, -0.2) is 0 Å². The van der Waals surface area contributed by atoms with E-state index in [4.69, 9.17) is 4.74 Å². The standard InChI is InChI=1S/C20H25N3O3/c1-3-19-14(2)17(22-12-15-7-5-4-6-8-15)11-20(26-19)16-9-10-21-13-18(16)23(24)25/h4-10,13-14,17,19-20,22H,3,11-12H2,1-2H3. The molecule has 0 radical (unpaired) electrons. The largest absolute Gasteiger partial charge is 0.370 e. The fourth-order valence-electron chi connectivity index (χ4n) is 3.70. The number of ether oxygens (including phenoxy) is 1. The predicted octanol–water partition coefficient (Wildman–Crippen LogP) is 4.02. The van der Waals surface area contributed by atoms with Crippen LogP contribution in [-0.2, 0) is 11.3 Å². The van der Waals surface area contributed by atoms with Gasteiger partial charge >= 0.3 is 0 Å². The van der Waals surface area contributed by atoms with Gasteiger partial charge in [-0.1, -0.05) is 44.2 Å². The Balaban J connectivity index is 1.79. The third-order valence-electron chi connectivity index (χ3n) is 5.22. The number of hydrogen-bond donors (Lipinski definition) is 1. The highest BCUT2D eigenvalue weighted by Gasteiger charge is 2.37. The van der Waals surface area contributed by atoms with Crippen LogP contribution in [0.3, 0.4) is 0 Å². The zero-order chi connectivity index (χ0) is 18.5. The Morgan fingerprint density at radius 2 is 2.08 bits per heavy atom. The number of nitro groups is 1. The van der Waals surface area contributed by atoms with Crippen molar-refractivity contribution in [1.29, 1.82) is 0 Å². The van der Waals surface area contributed by atoms with Crippen molar-refractivity contribution in [2.24, 2.45) is 5.92 Å².